The van der Waals surface area contributed by atoms with Crippen molar-refractivity contribution in [2.45, 2.75) is 119 Å². The van der Waals surface area contributed by atoms with Crippen LogP contribution in [-0.4, -0.2) is 156 Å². The summed E-state index contributed by atoms with van der Waals surface area (Å²) in [5.41, 5.74) is 14.3. The number of rotatable bonds is 16. The van der Waals surface area contributed by atoms with E-state index in [0.717, 1.165) is 32.5 Å². The fraction of sp³-hybridized carbons (Fsp3) is 0.423. The van der Waals surface area contributed by atoms with Gasteiger partial charge in [0.2, 0.25) is 41.4 Å². The summed E-state index contributed by atoms with van der Waals surface area (Å²) in [5, 5.41) is 55.9. The summed E-state index contributed by atoms with van der Waals surface area (Å²) in [6, 6.07) is 9.70. The molecular formula is C52H65F3N10O14S2. The smallest absolute Gasteiger partial charge is 0.490 e. The van der Waals surface area contributed by atoms with Crippen LogP contribution in [0, 0.1) is 5.92 Å². The maximum atomic E-state index is 14.8. The van der Waals surface area contributed by atoms with Gasteiger partial charge in [0.25, 0.3) is 0 Å². The third kappa shape index (κ3) is 20.3. The van der Waals surface area contributed by atoms with Crippen molar-refractivity contribution in [1.29, 1.82) is 0 Å². The Morgan fingerprint density at radius 1 is 0.728 bits per heavy atom. The van der Waals surface area contributed by atoms with Crippen LogP contribution in [0.4, 0.5) is 13.2 Å². The van der Waals surface area contributed by atoms with Crippen molar-refractivity contribution >= 4 is 91.7 Å². The maximum Gasteiger partial charge on any atom is 0.490 e. The number of aromatic nitrogens is 1. The van der Waals surface area contributed by atoms with Gasteiger partial charge in [-0.05, 0) is 67.6 Å². The Hall–Kier alpha value is -7.89. The number of alkyl halides is 3. The van der Waals surface area contributed by atoms with E-state index in [1.54, 1.807) is 70.3 Å². The summed E-state index contributed by atoms with van der Waals surface area (Å²) < 4.78 is 30.3. The van der Waals surface area contributed by atoms with Crippen LogP contribution in [-0.2, 0) is 67.2 Å². The average Bonchev–Trinajstić information content (AvgIpc) is 3.90. The number of carbonyl (C=O) groups excluding carboxylic acids is 7. The second kappa shape index (κ2) is 30.1. The van der Waals surface area contributed by atoms with Gasteiger partial charge in [-0.3, -0.25) is 38.4 Å². The quantitative estimate of drug-likeness (QED) is 0.0696. The summed E-state index contributed by atoms with van der Waals surface area (Å²) in [5.74, 6) is -12.8. The van der Waals surface area contributed by atoms with E-state index in [1.807, 2.05) is 18.2 Å². The van der Waals surface area contributed by atoms with Crippen LogP contribution in [0.2, 0.25) is 0 Å². The Kier molecular flexibility index (Phi) is 24.4. The largest absolute Gasteiger partial charge is 0.508 e. The number of amides is 7. The lowest BCUT2D eigenvalue weighted by Crippen LogP contribution is -2.63. The van der Waals surface area contributed by atoms with Gasteiger partial charge in [0.15, 0.2) is 0 Å². The molecule has 2 heterocycles. The van der Waals surface area contributed by atoms with Crippen molar-refractivity contribution in [3.05, 3.63) is 102 Å². The number of H-pyrrole nitrogens is 1. The topological polar surface area (TPSA) is 404 Å². The molecule has 0 bridgehead atoms. The number of nitrogens with two attached hydrogens (primary N) is 2. The molecule has 1 aromatic heterocycles. The standard InChI is InChI=1S/C50H64N10O12S2.C2HF3O2/c1-26(2)40(49(71)72)59-47(69)38-25-73-74-50(3,4)41(60-42(64)32(52)23-39(62)63)48(70)57-36(20-27-10-6-5-7-11-27)44(66)56-37(22-29-24-53-33-13-9-8-12-31(29)33)46(68)54-34(18-19-51)43(65)55-35(45(67)58-38)21-28-14-16-30(61)17-15-28;3-2(4,5)1(6)7/h5-17,24,26,32,34-38,40-41,53,61H,18-23,25,51-52H2,1-4H3,(H,54,68)(H,55,65)(H,56,66)(H,57,70)(H,58,67)(H,59,69)(H,60,64)(H,62,63)(H,71,72);(H,6,7)/t32-,34-,35-,36-,37+,38-,40-,41+;/m0./s1. The number of nitrogens with one attached hydrogen (secondary N) is 8. The first-order valence-corrected chi connectivity index (χ1v) is 27.3. The average molecular weight is 1180 g/mol. The highest BCUT2D eigenvalue weighted by molar-refractivity contribution is 8.77. The highest BCUT2D eigenvalue weighted by Crippen LogP contribution is 2.39. The number of fused-ring (bicyclic) bond motifs is 1. The molecule has 16 N–H and O–H groups in total. The predicted octanol–water partition coefficient (Wildman–Crippen LogP) is 0.993. The molecule has 29 heteroatoms. The van der Waals surface area contributed by atoms with Crippen molar-refractivity contribution in [3.8, 4) is 5.75 Å². The molecule has 0 radical (unpaired) electrons. The zero-order valence-electron chi connectivity index (χ0n) is 44.2. The van der Waals surface area contributed by atoms with Crippen molar-refractivity contribution in [3.63, 3.8) is 0 Å². The molecule has 3 aromatic carbocycles. The molecule has 1 aliphatic heterocycles. The third-order valence-corrected chi connectivity index (χ3v) is 15.6. The number of hydrogen-bond acceptors (Lipinski definition) is 15. The Labute approximate surface area is 470 Å². The van der Waals surface area contributed by atoms with Gasteiger partial charge in [0.1, 0.15) is 48.0 Å². The molecule has 4 aromatic rings. The molecule has 5 rings (SSSR count). The third-order valence-electron chi connectivity index (χ3n) is 12.3. The first kappa shape index (κ1) is 65.6. The molecule has 0 spiro atoms. The first-order valence-electron chi connectivity index (χ1n) is 25.0. The molecular weight excluding hydrogens is 1110 g/mol. The normalized spacial score (nSPS) is 21.2. The van der Waals surface area contributed by atoms with Gasteiger partial charge in [0.05, 0.1) is 12.5 Å². The minimum absolute atomic E-state index is 0.0837. The van der Waals surface area contributed by atoms with Crippen molar-refractivity contribution < 1.29 is 81.5 Å². The van der Waals surface area contributed by atoms with E-state index in [4.69, 9.17) is 21.4 Å². The Morgan fingerprint density at radius 2 is 1.23 bits per heavy atom. The van der Waals surface area contributed by atoms with E-state index in [9.17, 15) is 71.6 Å². The van der Waals surface area contributed by atoms with Gasteiger partial charge >= 0.3 is 24.1 Å². The Balaban J connectivity index is 0.00000189. The number of para-hydroxylation sites is 1. The Bertz CT molecular complexity index is 2880. The van der Waals surface area contributed by atoms with Crippen LogP contribution in [0.1, 0.15) is 57.2 Å². The highest BCUT2D eigenvalue weighted by atomic mass is 33.1. The number of phenols is 1. The van der Waals surface area contributed by atoms with Crippen molar-refractivity contribution in [2.75, 3.05) is 12.3 Å². The van der Waals surface area contributed by atoms with Gasteiger partial charge in [0, 0.05) is 46.9 Å². The minimum atomic E-state index is -5.08. The molecule has 8 atom stereocenters. The number of benzene rings is 3. The number of aliphatic carboxylic acids is 3. The molecule has 1 saturated heterocycles. The lowest BCUT2D eigenvalue weighted by Gasteiger charge is -2.35. The number of phenolic OH excluding ortho intramolecular Hbond substituents is 1. The lowest BCUT2D eigenvalue weighted by molar-refractivity contribution is -0.192. The Morgan fingerprint density at radius 3 is 1.78 bits per heavy atom. The zero-order valence-corrected chi connectivity index (χ0v) is 45.8. The van der Waals surface area contributed by atoms with Gasteiger partial charge in [-0.15, -0.1) is 0 Å². The second-order valence-corrected chi connectivity index (χ2v) is 22.5. The summed E-state index contributed by atoms with van der Waals surface area (Å²) in [6.45, 7) is 6.10. The lowest BCUT2D eigenvalue weighted by atomic mass is 9.98. The number of aromatic hydroxyl groups is 1. The maximum absolute atomic E-state index is 14.8. The van der Waals surface area contributed by atoms with Crippen LogP contribution in [0.3, 0.4) is 0 Å². The molecule has 81 heavy (non-hydrogen) atoms. The fourth-order valence-electron chi connectivity index (χ4n) is 7.98. The van der Waals surface area contributed by atoms with Gasteiger partial charge in [-0.1, -0.05) is 96.1 Å². The summed E-state index contributed by atoms with van der Waals surface area (Å²) in [4.78, 5) is 137. The van der Waals surface area contributed by atoms with Crippen LogP contribution in [0.25, 0.3) is 10.9 Å². The van der Waals surface area contributed by atoms with E-state index in [-0.39, 0.29) is 43.7 Å². The zero-order chi connectivity index (χ0) is 60.4. The van der Waals surface area contributed by atoms with E-state index >= 15 is 0 Å². The van der Waals surface area contributed by atoms with E-state index in [2.05, 4.69) is 42.2 Å². The molecule has 0 aliphatic carbocycles. The molecule has 24 nitrogen and oxygen atoms in total. The molecule has 440 valence electrons. The summed E-state index contributed by atoms with van der Waals surface area (Å²) in [7, 11) is 1.90. The van der Waals surface area contributed by atoms with Crippen LogP contribution in [0.15, 0.2) is 85.1 Å². The van der Waals surface area contributed by atoms with Crippen molar-refractivity contribution in [2.24, 2.45) is 17.4 Å². The predicted molar refractivity (Wildman–Crippen MR) is 292 cm³/mol. The number of hydrogen-bond donors (Lipinski definition) is 14. The summed E-state index contributed by atoms with van der Waals surface area (Å²) >= 11 is 0. The van der Waals surface area contributed by atoms with Crippen LogP contribution in [0.5, 0.6) is 5.75 Å². The highest BCUT2D eigenvalue weighted by Gasteiger charge is 2.42. The molecule has 7 amide bonds. The van der Waals surface area contributed by atoms with E-state index in [1.165, 1.54) is 24.3 Å². The first-order chi connectivity index (χ1) is 38.0. The molecule has 0 saturated carbocycles. The van der Waals surface area contributed by atoms with Gasteiger partial charge < -0.3 is 74.1 Å². The van der Waals surface area contributed by atoms with E-state index < -0.39 is 131 Å². The van der Waals surface area contributed by atoms with Gasteiger partial charge in [-0.2, -0.15) is 13.2 Å². The SMILES string of the molecule is CC(C)[C@H](NC(=O)[C@@H]1CSSC(C)(C)[C@H](NC(=O)[C@@H](N)CC(=O)O)C(=O)N[C@@H](Cc2ccccc2)C(=O)N[C@H](Cc2c[nH]c3ccccc23)C(=O)N[C@@H](CCN)C(=O)N[C@@H](Cc2ccc(O)cc2)C(=O)N1)C(=O)O.O=C(O)C(F)(F)F. The monoisotopic (exact) mass is 1170 g/mol. The van der Waals surface area contributed by atoms with E-state index in [0.29, 0.717) is 16.7 Å². The molecule has 1 aliphatic rings. The second-order valence-electron chi connectivity index (χ2n) is 19.5. The number of aromatic amines is 1. The number of carboxylic acids is 3. The van der Waals surface area contributed by atoms with Gasteiger partial charge in [-0.25, -0.2) is 9.59 Å². The molecule has 1 fully saturated rings. The summed E-state index contributed by atoms with van der Waals surface area (Å²) in [6.07, 6.45) is -4.86. The van der Waals surface area contributed by atoms with Crippen LogP contribution >= 0.6 is 21.6 Å². The fourth-order valence-corrected chi connectivity index (χ4v) is 10.8. The van der Waals surface area contributed by atoms with Crippen LogP contribution < -0.4 is 48.7 Å². The molecule has 0 unspecified atom stereocenters. The number of carboxylic acid groups (broad SMARTS) is 3. The van der Waals surface area contributed by atoms with Crippen molar-refractivity contribution in [1.82, 2.24) is 42.2 Å². The minimum Gasteiger partial charge on any atom is -0.508 e. The number of carbonyl (C=O) groups is 10. The number of halogens is 3.